The summed E-state index contributed by atoms with van der Waals surface area (Å²) in [4.78, 5) is 28.2. The number of nitrogens with one attached hydrogen (secondary N) is 1. The van der Waals surface area contributed by atoms with E-state index in [-0.39, 0.29) is 11.8 Å². The highest BCUT2D eigenvalue weighted by molar-refractivity contribution is 5.89. The summed E-state index contributed by atoms with van der Waals surface area (Å²) in [5, 5.41) is 3.19. The van der Waals surface area contributed by atoms with E-state index in [9.17, 15) is 9.59 Å². The summed E-state index contributed by atoms with van der Waals surface area (Å²) < 4.78 is 0. The van der Waals surface area contributed by atoms with Crippen LogP contribution in [0.1, 0.15) is 76.7 Å². The van der Waals surface area contributed by atoms with Crippen LogP contribution in [0.2, 0.25) is 0 Å². The molecule has 3 rings (SSSR count). The number of carbonyl (C=O) groups is 2. The van der Waals surface area contributed by atoms with E-state index in [0.29, 0.717) is 19.0 Å². The Balaban J connectivity index is 1.68. The average molecular weight is 385 g/mol. The summed E-state index contributed by atoms with van der Waals surface area (Å²) in [6.45, 7) is 4.29. The van der Waals surface area contributed by atoms with Crippen LogP contribution in [0.5, 0.6) is 0 Å². The van der Waals surface area contributed by atoms with E-state index >= 15 is 0 Å². The Hall–Kier alpha value is -1.84. The lowest BCUT2D eigenvalue weighted by Crippen LogP contribution is -2.53. The van der Waals surface area contributed by atoms with E-state index in [1.165, 1.54) is 19.3 Å². The topological polar surface area (TPSA) is 49.4 Å². The van der Waals surface area contributed by atoms with Crippen molar-refractivity contribution in [1.29, 1.82) is 0 Å². The molecule has 0 radical (unpaired) electrons. The summed E-state index contributed by atoms with van der Waals surface area (Å²) in [7, 11) is 0. The Morgan fingerprint density at radius 3 is 2.36 bits per heavy atom. The largest absolute Gasteiger partial charge is 0.355 e. The van der Waals surface area contributed by atoms with Gasteiger partial charge in [-0.25, -0.2) is 0 Å². The van der Waals surface area contributed by atoms with Crippen LogP contribution in [0.15, 0.2) is 30.3 Å². The highest BCUT2D eigenvalue weighted by Gasteiger charge is 2.44. The van der Waals surface area contributed by atoms with Crippen LogP contribution in [0.4, 0.5) is 0 Å². The van der Waals surface area contributed by atoms with Crippen LogP contribution < -0.4 is 5.32 Å². The standard InChI is InChI=1S/C24H36N2O2/c1-2-3-10-17-25-23(28)24(21-13-8-5-9-14-21)15-18-26(19-16-24)22(27)20-11-6-4-7-12-20/h5,8-9,13-14,20H,2-4,6-7,10-12,15-19H2,1H3,(H,25,28). The highest BCUT2D eigenvalue weighted by Crippen LogP contribution is 2.37. The minimum absolute atomic E-state index is 0.138. The predicted molar refractivity (Wildman–Crippen MR) is 113 cm³/mol. The third kappa shape index (κ3) is 4.76. The first-order valence-corrected chi connectivity index (χ1v) is 11.3. The first kappa shape index (κ1) is 20.9. The molecule has 1 saturated heterocycles. The minimum Gasteiger partial charge on any atom is -0.355 e. The smallest absolute Gasteiger partial charge is 0.230 e. The number of benzene rings is 1. The van der Waals surface area contributed by atoms with Crippen molar-refractivity contribution in [2.45, 2.75) is 76.5 Å². The van der Waals surface area contributed by atoms with Gasteiger partial charge in [-0.15, -0.1) is 0 Å². The molecule has 0 spiro atoms. The van der Waals surface area contributed by atoms with E-state index in [1.807, 2.05) is 23.1 Å². The van der Waals surface area contributed by atoms with Crippen molar-refractivity contribution in [3.05, 3.63) is 35.9 Å². The van der Waals surface area contributed by atoms with Crippen molar-refractivity contribution in [2.75, 3.05) is 19.6 Å². The fourth-order valence-electron chi connectivity index (χ4n) is 4.87. The molecule has 1 saturated carbocycles. The van der Waals surface area contributed by atoms with Gasteiger partial charge in [0, 0.05) is 25.6 Å². The zero-order valence-corrected chi connectivity index (χ0v) is 17.4. The monoisotopic (exact) mass is 384 g/mol. The quantitative estimate of drug-likeness (QED) is 0.707. The number of likely N-dealkylation sites (tertiary alicyclic amines) is 1. The Labute approximate surface area is 170 Å². The Bertz CT molecular complexity index is 629. The van der Waals surface area contributed by atoms with E-state index in [4.69, 9.17) is 0 Å². The molecule has 1 N–H and O–H groups in total. The molecular formula is C24H36N2O2. The number of unbranched alkanes of at least 4 members (excludes halogenated alkanes) is 2. The van der Waals surface area contributed by atoms with Crippen LogP contribution in [0.3, 0.4) is 0 Å². The zero-order valence-electron chi connectivity index (χ0n) is 17.4. The Morgan fingerprint density at radius 2 is 1.71 bits per heavy atom. The SMILES string of the molecule is CCCCCNC(=O)C1(c2ccccc2)CCN(C(=O)C2CCCCC2)CC1. The molecule has 0 aromatic heterocycles. The fourth-order valence-corrected chi connectivity index (χ4v) is 4.87. The van der Waals surface area contributed by atoms with Crippen LogP contribution in [0.25, 0.3) is 0 Å². The van der Waals surface area contributed by atoms with Crippen molar-refractivity contribution >= 4 is 11.8 Å². The molecule has 0 unspecified atom stereocenters. The number of carbonyl (C=O) groups excluding carboxylic acids is 2. The first-order chi connectivity index (χ1) is 13.7. The number of piperidine rings is 1. The third-order valence-electron chi connectivity index (χ3n) is 6.71. The number of hydrogen-bond donors (Lipinski definition) is 1. The molecule has 2 aliphatic rings. The second-order valence-corrected chi connectivity index (χ2v) is 8.57. The lowest BCUT2D eigenvalue weighted by Gasteiger charge is -2.42. The van der Waals surface area contributed by atoms with Crippen LogP contribution >= 0.6 is 0 Å². The molecule has 4 heteroatoms. The summed E-state index contributed by atoms with van der Waals surface area (Å²) in [5.74, 6) is 0.671. The second-order valence-electron chi connectivity index (χ2n) is 8.57. The number of hydrogen-bond acceptors (Lipinski definition) is 2. The molecule has 0 bridgehead atoms. The van der Waals surface area contributed by atoms with Crippen LogP contribution in [-0.4, -0.2) is 36.3 Å². The molecule has 1 aliphatic carbocycles. The number of rotatable bonds is 7. The van der Waals surface area contributed by atoms with Crippen molar-refractivity contribution in [2.24, 2.45) is 5.92 Å². The van der Waals surface area contributed by atoms with E-state index in [0.717, 1.165) is 57.1 Å². The molecule has 4 nitrogen and oxygen atoms in total. The molecule has 1 aromatic rings. The molecule has 28 heavy (non-hydrogen) atoms. The van der Waals surface area contributed by atoms with E-state index < -0.39 is 5.41 Å². The number of amides is 2. The maximum atomic E-state index is 13.2. The van der Waals surface area contributed by atoms with Gasteiger partial charge in [-0.1, -0.05) is 69.4 Å². The lowest BCUT2D eigenvalue weighted by molar-refractivity contribution is -0.141. The molecule has 0 atom stereocenters. The minimum atomic E-state index is -0.503. The van der Waals surface area contributed by atoms with Gasteiger partial charge in [-0.3, -0.25) is 9.59 Å². The van der Waals surface area contributed by atoms with Crippen molar-refractivity contribution in [3.63, 3.8) is 0 Å². The van der Waals surface area contributed by atoms with Gasteiger partial charge in [-0.2, -0.15) is 0 Å². The van der Waals surface area contributed by atoms with Gasteiger partial charge in [0.2, 0.25) is 11.8 Å². The molecule has 2 amide bonds. The van der Waals surface area contributed by atoms with Crippen molar-refractivity contribution in [1.82, 2.24) is 10.2 Å². The molecule has 154 valence electrons. The van der Waals surface area contributed by atoms with Crippen molar-refractivity contribution in [3.8, 4) is 0 Å². The summed E-state index contributed by atoms with van der Waals surface area (Å²) in [5.41, 5.74) is 0.587. The summed E-state index contributed by atoms with van der Waals surface area (Å²) in [6, 6.07) is 10.2. The van der Waals surface area contributed by atoms with Crippen molar-refractivity contribution < 1.29 is 9.59 Å². The van der Waals surface area contributed by atoms with E-state index in [2.05, 4.69) is 24.4 Å². The maximum absolute atomic E-state index is 13.2. The van der Waals surface area contributed by atoms with Crippen LogP contribution in [0, 0.1) is 5.92 Å². The van der Waals surface area contributed by atoms with Gasteiger partial charge in [0.25, 0.3) is 0 Å². The summed E-state index contributed by atoms with van der Waals surface area (Å²) in [6.07, 6.45) is 10.5. The zero-order chi connectivity index (χ0) is 19.8. The maximum Gasteiger partial charge on any atom is 0.230 e. The van der Waals surface area contributed by atoms with E-state index in [1.54, 1.807) is 0 Å². The fraction of sp³-hybridized carbons (Fsp3) is 0.667. The van der Waals surface area contributed by atoms with Gasteiger partial charge in [-0.05, 0) is 37.7 Å². The highest BCUT2D eigenvalue weighted by atomic mass is 16.2. The normalized spacial score (nSPS) is 20.0. The molecule has 2 fully saturated rings. The van der Waals surface area contributed by atoms with Crippen LogP contribution in [-0.2, 0) is 15.0 Å². The van der Waals surface area contributed by atoms with Gasteiger partial charge in [0.05, 0.1) is 5.41 Å². The lowest BCUT2D eigenvalue weighted by atomic mass is 9.71. The second kappa shape index (κ2) is 10.1. The Kier molecular flexibility index (Phi) is 7.52. The van der Waals surface area contributed by atoms with Gasteiger partial charge < -0.3 is 10.2 Å². The van der Waals surface area contributed by atoms with Gasteiger partial charge in [0.1, 0.15) is 0 Å². The molecule has 1 heterocycles. The average Bonchev–Trinajstić information content (AvgIpc) is 2.77. The predicted octanol–water partition coefficient (Wildman–Crippen LogP) is 4.43. The molecule has 1 aliphatic heterocycles. The van der Waals surface area contributed by atoms with Gasteiger partial charge >= 0.3 is 0 Å². The van der Waals surface area contributed by atoms with Gasteiger partial charge in [0.15, 0.2) is 0 Å². The summed E-state index contributed by atoms with van der Waals surface area (Å²) >= 11 is 0. The number of nitrogens with zero attached hydrogens (tertiary/aromatic N) is 1. The third-order valence-corrected chi connectivity index (χ3v) is 6.71. The molecule has 1 aromatic carbocycles. The molecular weight excluding hydrogens is 348 g/mol. The first-order valence-electron chi connectivity index (χ1n) is 11.3. The Morgan fingerprint density at radius 1 is 1.04 bits per heavy atom.